The number of hydrogen-bond donors (Lipinski definition) is 1. The molecule has 0 radical (unpaired) electrons. The normalized spacial score (nSPS) is 15.2. The molecule has 0 unspecified atom stereocenters. The van der Waals surface area contributed by atoms with Crippen molar-refractivity contribution in [3.63, 3.8) is 0 Å². The van der Waals surface area contributed by atoms with Crippen molar-refractivity contribution >= 4 is 22.8 Å². The first-order valence-corrected chi connectivity index (χ1v) is 8.11. The number of nitrogens with zero attached hydrogens (tertiary/aromatic N) is 2. The molecule has 1 aromatic carbocycles. The van der Waals surface area contributed by atoms with Crippen LogP contribution in [-0.4, -0.2) is 59.5 Å². The van der Waals surface area contributed by atoms with Crippen LogP contribution in [0, 0.1) is 20.8 Å². The number of carbonyl (C=O) groups is 2. The Morgan fingerprint density at radius 3 is 2.21 bits per heavy atom. The van der Waals surface area contributed by atoms with Gasteiger partial charge in [0.1, 0.15) is 12.2 Å². The van der Waals surface area contributed by atoms with Gasteiger partial charge in [0.05, 0.1) is 0 Å². The lowest BCUT2D eigenvalue weighted by atomic mass is 10.0. The number of aryl methyl sites for hydroxylation is 3. The lowest BCUT2D eigenvalue weighted by molar-refractivity contribution is -0.135. The molecule has 2 heterocycles. The summed E-state index contributed by atoms with van der Waals surface area (Å²) in [4.78, 5) is 27.6. The summed E-state index contributed by atoms with van der Waals surface area (Å²) in [5.74, 6) is -0.0591. The fraction of sp³-hybridized carbons (Fsp3) is 0.444. The average molecular weight is 330 g/mol. The highest BCUT2D eigenvalue weighted by Gasteiger charge is 2.28. The molecule has 1 aliphatic rings. The number of fused-ring (bicyclic) bond motifs is 1. The second kappa shape index (κ2) is 6.28. The molecule has 2 aromatic rings. The van der Waals surface area contributed by atoms with Crippen LogP contribution in [0.3, 0.4) is 0 Å². The van der Waals surface area contributed by atoms with Crippen molar-refractivity contribution in [2.75, 3.05) is 32.8 Å². The summed E-state index contributed by atoms with van der Waals surface area (Å²) in [5.41, 5.74) is 3.74. The summed E-state index contributed by atoms with van der Waals surface area (Å²) in [5, 5.41) is 9.93. The number of carbonyl (C=O) groups excluding carboxylic acids is 2. The van der Waals surface area contributed by atoms with Crippen LogP contribution < -0.4 is 0 Å². The minimum atomic E-state index is -0.491. The van der Waals surface area contributed by atoms with Crippen molar-refractivity contribution in [1.82, 2.24) is 9.80 Å². The van der Waals surface area contributed by atoms with Crippen molar-refractivity contribution in [1.29, 1.82) is 0 Å². The van der Waals surface area contributed by atoms with Crippen LogP contribution in [-0.2, 0) is 4.79 Å². The van der Waals surface area contributed by atoms with Crippen molar-refractivity contribution in [2.24, 2.45) is 0 Å². The van der Waals surface area contributed by atoms with Crippen LogP contribution in [0.5, 0.6) is 0 Å². The smallest absolute Gasteiger partial charge is 0.290 e. The molecule has 1 N–H and O–H groups in total. The van der Waals surface area contributed by atoms with Crippen molar-refractivity contribution in [3.8, 4) is 0 Å². The fourth-order valence-electron chi connectivity index (χ4n) is 3.28. The molecular formula is C18H22N2O4. The number of piperazine rings is 1. The molecule has 0 aliphatic carbocycles. The van der Waals surface area contributed by atoms with Crippen LogP contribution in [0.4, 0.5) is 0 Å². The standard InChI is InChI=1S/C18H22N2O4/c1-11-4-5-12(2)16-15(11)13(3)17(24-16)18(23)20-8-6-19(7-9-20)14(22)10-21/h4-5,21H,6-10H2,1-3H3. The average Bonchev–Trinajstić information content (AvgIpc) is 2.95. The maximum atomic E-state index is 12.8. The van der Waals surface area contributed by atoms with Gasteiger partial charge < -0.3 is 19.3 Å². The van der Waals surface area contributed by atoms with Gasteiger partial charge in [0.15, 0.2) is 5.76 Å². The Hall–Kier alpha value is -2.34. The Balaban J connectivity index is 1.85. The zero-order chi connectivity index (χ0) is 17.4. The fourth-order valence-corrected chi connectivity index (χ4v) is 3.28. The molecular weight excluding hydrogens is 308 g/mol. The zero-order valence-electron chi connectivity index (χ0n) is 14.3. The highest BCUT2D eigenvalue weighted by atomic mass is 16.3. The van der Waals surface area contributed by atoms with Crippen LogP contribution in [0.25, 0.3) is 11.0 Å². The third-order valence-electron chi connectivity index (χ3n) is 4.73. The van der Waals surface area contributed by atoms with E-state index in [0.29, 0.717) is 31.9 Å². The molecule has 6 heteroatoms. The molecule has 0 atom stereocenters. The molecule has 0 saturated carbocycles. The van der Waals surface area contributed by atoms with E-state index in [9.17, 15) is 9.59 Å². The van der Waals surface area contributed by atoms with Gasteiger partial charge in [-0.1, -0.05) is 12.1 Å². The Bertz CT molecular complexity index is 801. The van der Waals surface area contributed by atoms with E-state index in [0.717, 1.165) is 27.7 Å². The monoisotopic (exact) mass is 330 g/mol. The summed E-state index contributed by atoms with van der Waals surface area (Å²) in [6.45, 7) is 7.16. The van der Waals surface area contributed by atoms with Gasteiger partial charge >= 0.3 is 0 Å². The molecule has 1 aliphatic heterocycles. The van der Waals surface area contributed by atoms with Crippen LogP contribution in [0.1, 0.15) is 27.2 Å². The summed E-state index contributed by atoms with van der Waals surface area (Å²) in [6, 6.07) is 4.03. The van der Waals surface area contributed by atoms with Gasteiger partial charge in [-0.3, -0.25) is 9.59 Å². The van der Waals surface area contributed by atoms with Gasteiger partial charge in [-0.05, 0) is 31.9 Å². The van der Waals surface area contributed by atoms with Crippen LogP contribution in [0.2, 0.25) is 0 Å². The number of aliphatic hydroxyl groups excluding tert-OH is 1. The van der Waals surface area contributed by atoms with E-state index in [1.54, 1.807) is 9.80 Å². The van der Waals surface area contributed by atoms with Gasteiger partial charge in [0.25, 0.3) is 5.91 Å². The number of aliphatic hydroxyl groups is 1. The van der Waals surface area contributed by atoms with Crippen molar-refractivity contribution < 1.29 is 19.1 Å². The number of benzene rings is 1. The third kappa shape index (κ3) is 2.67. The molecule has 3 rings (SSSR count). The van der Waals surface area contributed by atoms with Crippen molar-refractivity contribution in [3.05, 3.63) is 34.6 Å². The lowest BCUT2D eigenvalue weighted by Gasteiger charge is -2.34. The van der Waals surface area contributed by atoms with E-state index in [1.807, 2.05) is 32.9 Å². The molecule has 6 nitrogen and oxygen atoms in total. The SMILES string of the molecule is Cc1ccc(C)c2c(C)c(C(=O)N3CCN(C(=O)CO)CC3)oc12. The van der Waals surface area contributed by atoms with Crippen LogP contribution >= 0.6 is 0 Å². The molecule has 128 valence electrons. The first-order chi connectivity index (χ1) is 11.4. The summed E-state index contributed by atoms with van der Waals surface area (Å²) in [7, 11) is 0. The van der Waals surface area contributed by atoms with E-state index in [-0.39, 0.29) is 11.8 Å². The Morgan fingerprint density at radius 2 is 1.62 bits per heavy atom. The number of hydrogen-bond acceptors (Lipinski definition) is 4. The second-order valence-electron chi connectivity index (χ2n) is 6.29. The van der Waals surface area contributed by atoms with Gasteiger partial charge in [-0.15, -0.1) is 0 Å². The van der Waals surface area contributed by atoms with Gasteiger partial charge in [0, 0.05) is 37.1 Å². The van der Waals surface area contributed by atoms with Gasteiger partial charge in [-0.25, -0.2) is 0 Å². The largest absolute Gasteiger partial charge is 0.450 e. The van der Waals surface area contributed by atoms with Crippen molar-refractivity contribution in [2.45, 2.75) is 20.8 Å². The highest BCUT2D eigenvalue weighted by Crippen LogP contribution is 2.31. The number of furan rings is 1. The molecule has 2 amide bonds. The molecule has 1 fully saturated rings. The maximum absolute atomic E-state index is 12.8. The first kappa shape index (κ1) is 16.5. The van der Waals surface area contributed by atoms with E-state index in [4.69, 9.17) is 9.52 Å². The second-order valence-corrected chi connectivity index (χ2v) is 6.29. The molecule has 0 bridgehead atoms. The lowest BCUT2D eigenvalue weighted by Crippen LogP contribution is -2.51. The van der Waals surface area contributed by atoms with Gasteiger partial charge in [0.2, 0.25) is 5.91 Å². The number of rotatable bonds is 2. The summed E-state index contributed by atoms with van der Waals surface area (Å²) < 4.78 is 5.91. The van der Waals surface area contributed by atoms with E-state index >= 15 is 0 Å². The highest BCUT2D eigenvalue weighted by molar-refractivity contribution is 6.00. The topological polar surface area (TPSA) is 74.0 Å². The Labute approximate surface area is 140 Å². The summed E-state index contributed by atoms with van der Waals surface area (Å²) in [6.07, 6.45) is 0. The molecule has 0 spiro atoms. The minimum Gasteiger partial charge on any atom is -0.450 e. The zero-order valence-corrected chi connectivity index (χ0v) is 14.3. The van der Waals surface area contributed by atoms with E-state index in [1.165, 1.54) is 0 Å². The molecule has 1 aromatic heterocycles. The Kier molecular flexibility index (Phi) is 4.32. The van der Waals surface area contributed by atoms with E-state index in [2.05, 4.69) is 0 Å². The quantitative estimate of drug-likeness (QED) is 0.908. The van der Waals surface area contributed by atoms with Crippen LogP contribution in [0.15, 0.2) is 16.5 Å². The predicted molar refractivity (Wildman–Crippen MR) is 90.0 cm³/mol. The van der Waals surface area contributed by atoms with Gasteiger partial charge in [-0.2, -0.15) is 0 Å². The number of amides is 2. The third-order valence-corrected chi connectivity index (χ3v) is 4.73. The first-order valence-electron chi connectivity index (χ1n) is 8.11. The molecule has 1 saturated heterocycles. The molecule has 24 heavy (non-hydrogen) atoms. The predicted octanol–water partition coefficient (Wildman–Crippen LogP) is 1.63. The minimum absolute atomic E-state index is 0.140. The summed E-state index contributed by atoms with van der Waals surface area (Å²) >= 11 is 0. The van der Waals surface area contributed by atoms with E-state index < -0.39 is 6.61 Å². The maximum Gasteiger partial charge on any atom is 0.290 e. The Morgan fingerprint density at radius 1 is 1.04 bits per heavy atom.